The van der Waals surface area contributed by atoms with Gasteiger partial charge in [-0.15, -0.1) is 0 Å². The quantitative estimate of drug-likeness (QED) is 0.815. The third-order valence-corrected chi connectivity index (χ3v) is 2.67. The molecule has 0 aromatic heterocycles. The van der Waals surface area contributed by atoms with E-state index >= 15 is 0 Å². The first-order chi connectivity index (χ1) is 7.95. The van der Waals surface area contributed by atoms with E-state index < -0.39 is 6.10 Å². The van der Waals surface area contributed by atoms with Crippen molar-refractivity contribution in [2.24, 2.45) is 5.73 Å². The van der Waals surface area contributed by atoms with Gasteiger partial charge in [0.05, 0.1) is 5.02 Å². The van der Waals surface area contributed by atoms with Gasteiger partial charge in [-0.2, -0.15) is 0 Å². The molecule has 0 heterocycles. The van der Waals surface area contributed by atoms with Crippen LogP contribution in [-0.2, 0) is 4.79 Å². The molecule has 4 nitrogen and oxygen atoms in total. The fourth-order valence-electron chi connectivity index (χ4n) is 1.20. The number of carbonyl (C=O) groups excluding carboxylic acids is 1. The molecule has 92 valence electrons. The molecule has 1 aromatic carbocycles. The maximum Gasteiger partial charge on any atom is 0.260 e. The number of rotatable bonds is 4. The highest BCUT2D eigenvalue weighted by Crippen LogP contribution is 2.26. The van der Waals surface area contributed by atoms with E-state index in [-0.39, 0.29) is 10.9 Å². The van der Waals surface area contributed by atoms with Crippen molar-refractivity contribution in [2.45, 2.75) is 13.0 Å². The molecular formula is C11H13ClN2O2S. The predicted octanol–water partition coefficient (Wildman–Crippen LogP) is 1.49. The number of thiocarbonyl (C=S) groups is 1. The number of nitrogens with two attached hydrogens (primary N) is 1. The lowest BCUT2D eigenvalue weighted by Crippen LogP contribution is -2.33. The van der Waals surface area contributed by atoms with Crippen molar-refractivity contribution in [1.29, 1.82) is 0 Å². The number of likely N-dealkylation sites (N-methyl/N-ethyl adjacent to an activating group) is 1. The second kappa shape index (κ2) is 5.84. The standard InChI is InChI=1S/C11H13ClN2O2S/c1-6(11(15)14-2)16-9-4-3-7(10(13)17)5-8(9)12/h3-6H,1-2H3,(H2,13,17)(H,14,15). The second-order valence-electron chi connectivity index (χ2n) is 3.38. The van der Waals surface area contributed by atoms with Crippen LogP contribution in [0.15, 0.2) is 18.2 Å². The Morgan fingerprint density at radius 3 is 2.71 bits per heavy atom. The van der Waals surface area contributed by atoms with Crippen LogP contribution in [0, 0.1) is 0 Å². The fourth-order valence-corrected chi connectivity index (χ4v) is 1.55. The van der Waals surface area contributed by atoms with Gasteiger partial charge >= 0.3 is 0 Å². The minimum atomic E-state index is -0.617. The Kier molecular flexibility index (Phi) is 4.72. The maximum atomic E-state index is 11.3. The van der Waals surface area contributed by atoms with Crippen LogP contribution in [0.4, 0.5) is 0 Å². The molecule has 0 radical (unpaired) electrons. The molecule has 1 atom stereocenters. The highest BCUT2D eigenvalue weighted by Gasteiger charge is 2.14. The average Bonchev–Trinajstić information content (AvgIpc) is 2.30. The summed E-state index contributed by atoms with van der Waals surface area (Å²) in [6.45, 7) is 1.64. The Morgan fingerprint density at radius 2 is 2.24 bits per heavy atom. The van der Waals surface area contributed by atoms with Crippen molar-refractivity contribution in [2.75, 3.05) is 7.05 Å². The van der Waals surface area contributed by atoms with Crippen molar-refractivity contribution >= 4 is 34.7 Å². The molecule has 17 heavy (non-hydrogen) atoms. The normalized spacial score (nSPS) is 11.7. The lowest BCUT2D eigenvalue weighted by atomic mass is 10.2. The fraction of sp³-hybridized carbons (Fsp3) is 0.273. The molecule has 0 saturated carbocycles. The van der Waals surface area contributed by atoms with Crippen LogP contribution in [0.25, 0.3) is 0 Å². The van der Waals surface area contributed by atoms with E-state index in [1.54, 1.807) is 32.2 Å². The summed E-state index contributed by atoms with van der Waals surface area (Å²) in [5.41, 5.74) is 6.13. The zero-order valence-electron chi connectivity index (χ0n) is 9.49. The van der Waals surface area contributed by atoms with E-state index in [1.165, 1.54) is 0 Å². The Balaban J connectivity index is 2.86. The van der Waals surface area contributed by atoms with Crippen molar-refractivity contribution < 1.29 is 9.53 Å². The van der Waals surface area contributed by atoms with Gasteiger partial charge in [-0.05, 0) is 25.1 Å². The summed E-state index contributed by atoms with van der Waals surface area (Å²) in [5, 5.41) is 2.85. The van der Waals surface area contributed by atoms with Gasteiger partial charge in [-0.25, -0.2) is 0 Å². The molecule has 0 saturated heterocycles. The minimum absolute atomic E-state index is 0.223. The molecule has 0 aliphatic heterocycles. The SMILES string of the molecule is CNC(=O)C(C)Oc1ccc(C(N)=S)cc1Cl. The van der Waals surface area contributed by atoms with Crippen LogP contribution >= 0.6 is 23.8 Å². The lowest BCUT2D eigenvalue weighted by molar-refractivity contribution is -0.126. The molecule has 0 aliphatic carbocycles. The number of carbonyl (C=O) groups is 1. The third kappa shape index (κ3) is 3.57. The van der Waals surface area contributed by atoms with Crippen molar-refractivity contribution in [3.8, 4) is 5.75 Å². The number of hydrogen-bond acceptors (Lipinski definition) is 3. The predicted molar refractivity (Wildman–Crippen MR) is 71.5 cm³/mol. The van der Waals surface area contributed by atoms with Gasteiger partial charge < -0.3 is 15.8 Å². The maximum absolute atomic E-state index is 11.3. The van der Waals surface area contributed by atoms with Gasteiger partial charge in [-0.3, -0.25) is 4.79 Å². The minimum Gasteiger partial charge on any atom is -0.479 e. The molecule has 6 heteroatoms. The first-order valence-electron chi connectivity index (χ1n) is 4.93. The Hall–Kier alpha value is -1.33. The second-order valence-corrected chi connectivity index (χ2v) is 4.23. The van der Waals surface area contributed by atoms with E-state index in [4.69, 9.17) is 34.3 Å². The zero-order chi connectivity index (χ0) is 13.0. The van der Waals surface area contributed by atoms with Crippen molar-refractivity contribution in [1.82, 2.24) is 5.32 Å². The highest BCUT2D eigenvalue weighted by molar-refractivity contribution is 7.80. The van der Waals surface area contributed by atoms with E-state index in [1.807, 2.05) is 0 Å². The van der Waals surface area contributed by atoms with Crippen molar-refractivity contribution in [3.63, 3.8) is 0 Å². The third-order valence-electron chi connectivity index (χ3n) is 2.14. The van der Waals surface area contributed by atoms with Gasteiger partial charge in [0.2, 0.25) is 0 Å². The van der Waals surface area contributed by atoms with Crippen LogP contribution in [0.2, 0.25) is 5.02 Å². The number of benzene rings is 1. The smallest absolute Gasteiger partial charge is 0.260 e. The average molecular weight is 273 g/mol. The number of halogens is 1. The van der Waals surface area contributed by atoms with Crippen LogP contribution in [0.1, 0.15) is 12.5 Å². The molecule has 3 N–H and O–H groups in total. The summed E-state index contributed by atoms with van der Waals surface area (Å²) in [4.78, 5) is 11.5. The summed E-state index contributed by atoms with van der Waals surface area (Å²) >= 11 is 10.8. The van der Waals surface area contributed by atoms with E-state index in [9.17, 15) is 4.79 Å². The summed E-state index contributed by atoms with van der Waals surface area (Å²) in [7, 11) is 1.54. The molecule has 0 fully saturated rings. The Labute approximate surface area is 110 Å². The number of ether oxygens (including phenoxy) is 1. The number of amides is 1. The van der Waals surface area contributed by atoms with E-state index in [2.05, 4.69) is 5.32 Å². The summed E-state index contributed by atoms with van der Waals surface area (Å²) in [6, 6.07) is 4.94. The van der Waals surface area contributed by atoms with Gasteiger partial charge in [-0.1, -0.05) is 23.8 Å². The first kappa shape index (κ1) is 13.7. The van der Waals surface area contributed by atoms with Gasteiger partial charge in [0.1, 0.15) is 10.7 Å². The van der Waals surface area contributed by atoms with Crippen LogP contribution in [0.3, 0.4) is 0 Å². The Morgan fingerprint density at radius 1 is 1.59 bits per heavy atom. The van der Waals surface area contributed by atoms with Gasteiger partial charge in [0.25, 0.3) is 5.91 Å². The Bertz CT molecular complexity index is 451. The van der Waals surface area contributed by atoms with E-state index in [0.717, 1.165) is 0 Å². The first-order valence-corrected chi connectivity index (χ1v) is 5.72. The molecule has 1 amide bonds. The largest absolute Gasteiger partial charge is 0.479 e. The van der Waals surface area contributed by atoms with E-state index in [0.29, 0.717) is 16.3 Å². The van der Waals surface area contributed by atoms with Crippen LogP contribution in [-0.4, -0.2) is 24.0 Å². The van der Waals surface area contributed by atoms with Gasteiger partial charge in [0.15, 0.2) is 6.10 Å². The van der Waals surface area contributed by atoms with Crippen LogP contribution in [0.5, 0.6) is 5.75 Å². The van der Waals surface area contributed by atoms with Crippen molar-refractivity contribution in [3.05, 3.63) is 28.8 Å². The summed E-state index contributed by atoms with van der Waals surface area (Å²) < 4.78 is 5.40. The molecule has 0 bridgehead atoms. The number of nitrogens with one attached hydrogen (secondary N) is 1. The summed E-state index contributed by atoms with van der Waals surface area (Å²) in [5.74, 6) is 0.197. The molecule has 0 spiro atoms. The topological polar surface area (TPSA) is 64.3 Å². The monoisotopic (exact) mass is 272 g/mol. The summed E-state index contributed by atoms with van der Waals surface area (Å²) in [6.07, 6.45) is -0.617. The zero-order valence-corrected chi connectivity index (χ0v) is 11.1. The molecule has 1 unspecified atom stereocenters. The van der Waals surface area contributed by atoms with Crippen LogP contribution < -0.4 is 15.8 Å². The molecule has 0 aliphatic rings. The molecule has 1 aromatic rings. The molecular weight excluding hydrogens is 260 g/mol. The molecule has 1 rings (SSSR count). The van der Waals surface area contributed by atoms with Gasteiger partial charge in [0, 0.05) is 12.6 Å². The number of hydrogen-bond donors (Lipinski definition) is 2. The lowest BCUT2D eigenvalue weighted by Gasteiger charge is -2.14. The highest BCUT2D eigenvalue weighted by atomic mass is 35.5.